The summed E-state index contributed by atoms with van der Waals surface area (Å²) >= 11 is 6.34. The highest BCUT2D eigenvalue weighted by molar-refractivity contribution is 6.31. The molecule has 1 unspecified atom stereocenters. The lowest BCUT2D eigenvalue weighted by Gasteiger charge is -2.18. The molecule has 1 aromatic carbocycles. The van der Waals surface area contributed by atoms with E-state index in [0.29, 0.717) is 0 Å². The van der Waals surface area contributed by atoms with Gasteiger partial charge in [-0.15, -0.1) is 0 Å². The fraction of sp³-hybridized carbons (Fsp3) is 0.353. The van der Waals surface area contributed by atoms with Gasteiger partial charge in [0.2, 0.25) is 0 Å². The van der Waals surface area contributed by atoms with Gasteiger partial charge in [0.25, 0.3) is 0 Å². The molecule has 0 aliphatic heterocycles. The van der Waals surface area contributed by atoms with Gasteiger partial charge in [0.05, 0.1) is 11.7 Å². The van der Waals surface area contributed by atoms with Crippen LogP contribution in [0.15, 0.2) is 36.5 Å². The topological polar surface area (TPSA) is 24.9 Å². The van der Waals surface area contributed by atoms with Gasteiger partial charge in [0.1, 0.15) is 0 Å². The lowest BCUT2D eigenvalue weighted by Crippen LogP contribution is -2.24. The Bertz CT molecular complexity index is 581. The van der Waals surface area contributed by atoms with E-state index in [-0.39, 0.29) is 6.04 Å². The second kappa shape index (κ2) is 6.87. The molecule has 1 aromatic heterocycles. The molecule has 1 N–H and O–H groups in total. The Balaban J connectivity index is 2.25. The average molecular weight is 289 g/mol. The number of benzene rings is 1. The van der Waals surface area contributed by atoms with Crippen LogP contribution in [0.2, 0.25) is 5.02 Å². The number of nitrogens with one attached hydrogen (secondary N) is 1. The zero-order chi connectivity index (χ0) is 14.5. The molecule has 0 fully saturated rings. The van der Waals surface area contributed by atoms with Gasteiger partial charge in [-0.05, 0) is 61.7 Å². The van der Waals surface area contributed by atoms with Crippen LogP contribution >= 0.6 is 11.6 Å². The monoisotopic (exact) mass is 288 g/mol. The van der Waals surface area contributed by atoms with E-state index in [1.165, 1.54) is 11.1 Å². The third kappa shape index (κ3) is 3.81. The number of pyridine rings is 1. The van der Waals surface area contributed by atoms with Crippen LogP contribution in [0, 0.1) is 13.8 Å². The maximum atomic E-state index is 6.34. The van der Waals surface area contributed by atoms with E-state index in [9.17, 15) is 0 Å². The first-order valence-corrected chi connectivity index (χ1v) is 7.39. The van der Waals surface area contributed by atoms with Crippen LogP contribution in [0.3, 0.4) is 0 Å². The van der Waals surface area contributed by atoms with Crippen LogP contribution in [-0.4, -0.2) is 11.5 Å². The van der Waals surface area contributed by atoms with E-state index in [4.69, 9.17) is 11.6 Å². The Labute approximate surface area is 126 Å². The second-order valence-electron chi connectivity index (χ2n) is 5.17. The van der Waals surface area contributed by atoms with Crippen molar-refractivity contribution in [2.45, 2.75) is 33.2 Å². The molecule has 0 saturated heterocycles. The predicted molar refractivity (Wildman–Crippen MR) is 85.3 cm³/mol. The van der Waals surface area contributed by atoms with Crippen LogP contribution < -0.4 is 5.32 Å². The van der Waals surface area contributed by atoms with Crippen molar-refractivity contribution in [2.75, 3.05) is 6.54 Å². The number of aromatic nitrogens is 1. The lowest BCUT2D eigenvalue weighted by atomic mass is 10.0. The lowest BCUT2D eigenvalue weighted by molar-refractivity contribution is 0.536. The zero-order valence-corrected chi connectivity index (χ0v) is 13.0. The van der Waals surface area contributed by atoms with Gasteiger partial charge in [-0.3, -0.25) is 4.98 Å². The van der Waals surface area contributed by atoms with Gasteiger partial charge in [0, 0.05) is 11.2 Å². The van der Waals surface area contributed by atoms with Crippen LogP contribution in [-0.2, 0) is 6.42 Å². The van der Waals surface area contributed by atoms with Crippen LogP contribution in [0.5, 0.6) is 0 Å². The molecule has 0 bridgehead atoms. The average Bonchev–Trinajstić information content (AvgIpc) is 2.41. The molecule has 2 nitrogen and oxygen atoms in total. The molecule has 0 aliphatic rings. The van der Waals surface area contributed by atoms with E-state index in [1.807, 2.05) is 18.3 Å². The Morgan fingerprint density at radius 3 is 2.55 bits per heavy atom. The molecule has 0 saturated carbocycles. The van der Waals surface area contributed by atoms with Crippen molar-refractivity contribution in [3.05, 3.63) is 63.9 Å². The van der Waals surface area contributed by atoms with Gasteiger partial charge in [0.15, 0.2) is 0 Å². The summed E-state index contributed by atoms with van der Waals surface area (Å²) in [5.41, 5.74) is 4.65. The fourth-order valence-corrected chi connectivity index (χ4v) is 2.63. The largest absolute Gasteiger partial charge is 0.309 e. The van der Waals surface area contributed by atoms with E-state index in [0.717, 1.165) is 29.2 Å². The van der Waals surface area contributed by atoms with Crippen LogP contribution in [0.25, 0.3) is 0 Å². The molecule has 2 aromatic rings. The molecule has 1 atom stereocenters. The third-order valence-electron chi connectivity index (χ3n) is 3.38. The second-order valence-corrected chi connectivity index (χ2v) is 5.57. The van der Waals surface area contributed by atoms with Crippen molar-refractivity contribution in [2.24, 2.45) is 0 Å². The van der Waals surface area contributed by atoms with Crippen LogP contribution in [0.4, 0.5) is 0 Å². The number of aryl methyl sites for hydroxylation is 2. The van der Waals surface area contributed by atoms with E-state index >= 15 is 0 Å². The van der Waals surface area contributed by atoms with Crippen LogP contribution in [0.1, 0.15) is 35.3 Å². The van der Waals surface area contributed by atoms with Crippen molar-refractivity contribution in [3.8, 4) is 0 Å². The van der Waals surface area contributed by atoms with Crippen molar-refractivity contribution in [1.29, 1.82) is 0 Å². The first-order valence-electron chi connectivity index (χ1n) is 7.01. The maximum absolute atomic E-state index is 6.34. The van der Waals surface area contributed by atoms with Crippen molar-refractivity contribution < 1.29 is 0 Å². The van der Waals surface area contributed by atoms with Gasteiger partial charge in [-0.2, -0.15) is 0 Å². The summed E-state index contributed by atoms with van der Waals surface area (Å²) in [6.07, 6.45) is 2.72. The number of halogens is 1. The Kier molecular flexibility index (Phi) is 5.16. The summed E-state index contributed by atoms with van der Waals surface area (Å²) in [5.74, 6) is 0. The highest BCUT2D eigenvalue weighted by Crippen LogP contribution is 2.24. The summed E-state index contributed by atoms with van der Waals surface area (Å²) in [4.78, 5) is 4.50. The summed E-state index contributed by atoms with van der Waals surface area (Å²) < 4.78 is 0. The van der Waals surface area contributed by atoms with Gasteiger partial charge < -0.3 is 5.32 Å². The minimum Gasteiger partial charge on any atom is -0.309 e. The molecule has 0 amide bonds. The quantitative estimate of drug-likeness (QED) is 0.890. The molecule has 3 heteroatoms. The SMILES string of the molecule is CCNC(Cc1ccc(C)cc1Cl)c1cc(C)ccn1. The van der Waals surface area contributed by atoms with Crippen molar-refractivity contribution in [3.63, 3.8) is 0 Å². The Morgan fingerprint density at radius 1 is 1.15 bits per heavy atom. The molecule has 106 valence electrons. The zero-order valence-electron chi connectivity index (χ0n) is 12.3. The predicted octanol–water partition coefficient (Wildman–Crippen LogP) is 4.25. The highest BCUT2D eigenvalue weighted by atomic mass is 35.5. The van der Waals surface area contributed by atoms with Gasteiger partial charge in [-0.1, -0.05) is 30.7 Å². The number of likely N-dealkylation sites (N-methyl/N-ethyl adjacent to an activating group) is 1. The first-order chi connectivity index (χ1) is 9.60. The maximum Gasteiger partial charge on any atom is 0.0579 e. The normalized spacial score (nSPS) is 12.4. The number of rotatable bonds is 5. The van der Waals surface area contributed by atoms with E-state index in [1.54, 1.807) is 0 Å². The smallest absolute Gasteiger partial charge is 0.0579 e. The highest BCUT2D eigenvalue weighted by Gasteiger charge is 2.14. The third-order valence-corrected chi connectivity index (χ3v) is 3.73. The Hall–Kier alpha value is -1.38. The molecule has 1 heterocycles. The fourth-order valence-electron chi connectivity index (χ4n) is 2.32. The molecule has 20 heavy (non-hydrogen) atoms. The standard InChI is InChI=1S/C17H21ClN2/c1-4-19-17(16-10-13(3)7-8-20-16)11-14-6-5-12(2)9-15(14)18/h5-10,17,19H,4,11H2,1-3H3. The number of hydrogen-bond donors (Lipinski definition) is 1. The molecule has 0 radical (unpaired) electrons. The van der Waals surface area contributed by atoms with Gasteiger partial charge >= 0.3 is 0 Å². The first kappa shape index (κ1) is 15.0. The molecular weight excluding hydrogens is 268 g/mol. The number of nitrogens with zero attached hydrogens (tertiary/aromatic N) is 1. The summed E-state index contributed by atoms with van der Waals surface area (Å²) in [5, 5.41) is 4.33. The molecule has 0 spiro atoms. The van der Waals surface area contributed by atoms with Crippen molar-refractivity contribution >= 4 is 11.6 Å². The molecule has 2 rings (SSSR count). The van der Waals surface area contributed by atoms with Crippen molar-refractivity contribution in [1.82, 2.24) is 10.3 Å². The Morgan fingerprint density at radius 2 is 1.90 bits per heavy atom. The summed E-state index contributed by atoms with van der Waals surface area (Å²) in [6, 6.07) is 10.6. The minimum atomic E-state index is 0.195. The number of hydrogen-bond acceptors (Lipinski definition) is 2. The summed E-state index contributed by atoms with van der Waals surface area (Å²) in [7, 11) is 0. The molecular formula is C17H21ClN2. The van der Waals surface area contributed by atoms with E-state index < -0.39 is 0 Å². The van der Waals surface area contributed by atoms with E-state index in [2.05, 4.69) is 49.3 Å². The minimum absolute atomic E-state index is 0.195. The van der Waals surface area contributed by atoms with Gasteiger partial charge in [-0.25, -0.2) is 0 Å². The summed E-state index contributed by atoms with van der Waals surface area (Å²) in [6.45, 7) is 7.16. The molecule has 0 aliphatic carbocycles.